The Bertz CT molecular complexity index is 412. The van der Waals surface area contributed by atoms with Gasteiger partial charge < -0.3 is 5.11 Å². The van der Waals surface area contributed by atoms with Gasteiger partial charge in [-0.2, -0.15) is 4.37 Å². The van der Waals surface area contributed by atoms with Crippen LogP contribution < -0.4 is 0 Å². The molecule has 1 heterocycles. The second-order valence-corrected chi connectivity index (χ2v) is 3.25. The van der Waals surface area contributed by atoms with E-state index >= 15 is 0 Å². The minimum absolute atomic E-state index is 0.150. The first-order valence-corrected chi connectivity index (χ1v) is 4.22. The second-order valence-electron chi connectivity index (χ2n) is 2.44. The van der Waals surface area contributed by atoms with Crippen LogP contribution in [0.1, 0.15) is 5.69 Å². The van der Waals surface area contributed by atoms with Crippen molar-refractivity contribution in [3.63, 3.8) is 0 Å². The lowest BCUT2D eigenvalue weighted by Gasteiger charge is -1.91. The number of halogens is 1. The molecule has 0 saturated carbocycles. The summed E-state index contributed by atoms with van der Waals surface area (Å²) in [6, 6.07) is 4.85. The van der Waals surface area contributed by atoms with E-state index in [0.29, 0.717) is 11.1 Å². The topological polar surface area (TPSA) is 33.1 Å². The normalized spacial score (nSPS) is 10.8. The van der Waals surface area contributed by atoms with Crippen molar-refractivity contribution < 1.29 is 9.50 Å². The Balaban J connectivity index is 2.75. The fourth-order valence-electron chi connectivity index (χ4n) is 1.07. The Morgan fingerprint density at radius 3 is 3.08 bits per heavy atom. The summed E-state index contributed by atoms with van der Waals surface area (Å²) in [6.45, 7) is -0.580. The minimum Gasteiger partial charge on any atom is -0.508 e. The van der Waals surface area contributed by atoms with Gasteiger partial charge in [0.2, 0.25) is 0 Å². The van der Waals surface area contributed by atoms with Gasteiger partial charge in [-0.05, 0) is 29.7 Å². The number of rotatable bonds is 1. The number of fused-ring (bicyclic) bond motifs is 1. The summed E-state index contributed by atoms with van der Waals surface area (Å²) in [5.41, 5.74) is 0.408. The maximum Gasteiger partial charge on any atom is 0.133 e. The zero-order chi connectivity index (χ0) is 8.55. The molecular formula is C8H6FNOS. The van der Waals surface area contributed by atoms with Gasteiger partial charge in [0.05, 0.1) is 10.4 Å². The Hall–Kier alpha value is -1.16. The molecule has 2 nitrogen and oxygen atoms in total. The second kappa shape index (κ2) is 2.71. The highest BCUT2D eigenvalue weighted by Crippen LogP contribution is 2.26. The molecule has 0 amide bonds. The molecule has 12 heavy (non-hydrogen) atoms. The predicted molar refractivity (Wildman–Crippen MR) is 46.1 cm³/mol. The van der Waals surface area contributed by atoms with Crippen molar-refractivity contribution in [2.45, 2.75) is 6.67 Å². The lowest BCUT2D eigenvalue weighted by Crippen LogP contribution is -1.76. The van der Waals surface area contributed by atoms with Crippen molar-refractivity contribution in [3.05, 3.63) is 23.9 Å². The van der Waals surface area contributed by atoms with Crippen molar-refractivity contribution in [2.75, 3.05) is 0 Å². The summed E-state index contributed by atoms with van der Waals surface area (Å²) in [5.74, 6) is 0.150. The standard InChI is InChI=1S/C8H6FNOS/c9-4-7-6-3-5(11)1-2-8(6)12-10-7/h1-3,11H,4H2. The lowest BCUT2D eigenvalue weighted by molar-refractivity contribution is 0.474. The molecule has 4 heteroatoms. The largest absolute Gasteiger partial charge is 0.508 e. The van der Waals surface area contributed by atoms with Gasteiger partial charge in [-0.3, -0.25) is 0 Å². The van der Waals surface area contributed by atoms with Gasteiger partial charge in [0.15, 0.2) is 0 Å². The molecule has 0 saturated heterocycles. The number of benzene rings is 1. The van der Waals surface area contributed by atoms with Crippen LogP contribution in [0.3, 0.4) is 0 Å². The molecule has 2 aromatic rings. The fraction of sp³-hybridized carbons (Fsp3) is 0.125. The molecule has 1 N–H and O–H groups in total. The van der Waals surface area contributed by atoms with E-state index in [1.165, 1.54) is 17.6 Å². The smallest absolute Gasteiger partial charge is 0.133 e. The maximum absolute atomic E-state index is 12.3. The van der Waals surface area contributed by atoms with E-state index in [4.69, 9.17) is 5.11 Å². The van der Waals surface area contributed by atoms with Gasteiger partial charge in [-0.1, -0.05) is 0 Å². The van der Waals surface area contributed by atoms with Crippen LogP contribution in [0, 0.1) is 0 Å². The SMILES string of the molecule is Oc1ccc2snc(CF)c2c1. The van der Waals surface area contributed by atoms with Crippen LogP contribution >= 0.6 is 11.5 Å². The number of aromatic nitrogens is 1. The third-order valence-corrected chi connectivity index (χ3v) is 2.52. The van der Waals surface area contributed by atoms with E-state index in [-0.39, 0.29) is 5.75 Å². The molecule has 62 valence electrons. The van der Waals surface area contributed by atoms with Crippen LogP contribution in [-0.2, 0) is 6.67 Å². The molecule has 0 unspecified atom stereocenters. The van der Waals surface area contributed by atoms with Crippen LogP contribution in [0.25, 0.3) is 10.1 Å². The Kier molecular flexibility index (Phi) is 1.69. The van der Waals surface area contributed by atoms with E-state index in [2.05, 4.69) is 4.37 Å². The summed E-state index contributed by atoms with van der Waals surface area (Å²) in [7, 11) is 0. The molecule has 0 spiro atoms. The summed E-state index contributed by atoms with van der Waals surface area (Å²) in [4.78, 5) is 0. The molecule has 0 fully saturated rings. The predicted octanol–water partition coefficient (Wildman–Crippen LogP) is 2.47. The van der Waals surface area contributed by atoms with Crippen LogP contribution in [0.15, 0.2) is 18.2 Å². The van der Waals surface area contributed by atoms with Gasteiger partial charge in [0.25, 0.3) is 0 Å². The highest BCUT2D eigenvalue weighted by Gasteiger charge is 2.05. The van der Waals surface area contributed by atoms with E-state index in [1.807, 2.05) is 0 Å². The van der Waals surface area contributed by atoms with Gasteiger partial charge in [-0.25, -0.2) is 4.39 Å². The van der Waals surface area contributed by atoms with E-state index in [9.17, 15) is 4.39 Å². The molecular weight excluding hydrogens is 177 g/mol. The van der Waals surface area contributed by atoms with Gasteiger partial charge in [0, 0.05) is 5.39 Å². The lowest BCUT2D eigenvalue weighted by atomic mass is 10.2. The number of aromatic hydroxyl groups is 1. The zero-order valence-electron chi connectivity index (χ0n) is 6.12. The summed E-state index contributed by atoms with van der Waals surface area (Å²) in [6.07, 6.45) is 0. The molecule has 0 aliphatic carbocycles. The first-order chi connectivity index (χ1) is 5.81. The number of hydrogen-bond donors (Lipinski definition) is 1. The molecule has 0 aliphatic heterocycles. The van der Waals surface area contributed by atoms with E-state index in [1.54, 1.807) is 12.1 Å². The number of phenols is 1. The number of alkyl halides is 1. The first-order valence-electron chi connectivity index (χ1n) is 3.44. The third kappa shape index (κ3) is 1.04. The molecule has 0 atom stereocenters. The zero-order valence-corrected chi connectivity index (χ0v) is 6.94. The van der Waals surface area contributed by atoms with Crippen molar-refractivity contribution in [1.29, 1.82) is 0 Å². The average Bonchev–Trinajstić information content (AvgIpc) is 2.46. The van der Waals surface area contributed by atoms with Crippen molar-refractivity contribution >= 4 is 21.6 Å². The van der Waals surface area contributed by atoms with Crippen LogP contribution in [0.2, 0.25) is 0 Å². The Labute approximate surface area is 72.4 Å². The van der Waals surface area contributed by atoms with Gasteiger partial charge in [-0.15, -0.1) is 0 Å². The minimum atomic E-state index is -0.580. The first kappa shape index (κ1) is 7.49. The molecule has 0 aliphatic rings. The quantitative estimate of drug-likeness (QED) is 0.736. The highest BCUT2D eigenvalue weighted by molar-refractivity contribution is 7.13. The number of phenolic OH excluding ortho intramolecular Hbond substituents is 1. The van der Waals surface area contributed by atoms with Gasteiger partial charge >= 0.3 is 0 Å². The highest BCUT2D eigenvalue weighted by atomic mass is 32.1. The summed E-state index contributed by atoms with van der Waals surface area (Å²) in [5, 5.41) is 9.83. The van der Waals surface area contributed by atoms with Crippen molar-refractivity contribution in [1.82, 2.24) is 4.37 Å². The van der Waals surface area contributed by atoms with Crippen LogP contribution in [-0.4, -0.2) is 9.48 Å². The average molecular weight is 183 g/mol. The summed E-state index contributed by atoms with van der Waals surface area (Å²) >= 11 is 1.25. The third-order valence-electron chi connectivity index (χ3n) is 1.65. The monoisotopic (exact) mass is 183 g/mol. The molecule has 1 aromatic carbocycles. The van der Waals surface area contributed by atoms with Crippen molar-refractivity contribution in [2.24, 2.45) is 0 Å². The number of hydrogen-bond acceptors (Lipinski definition) is 3. The fourth-order valence-corrected chi connectivity index (χ4v) is 1.83. The Morgan fingerprint density at radius 2 is 2.33 bits per heavy atom. The van der Waals surface area contributed by atoms with Crippen molar-refractivity contribution in [3.8, 4) is 5.75 Å². The van der Waals surface area contributed by atoms with E-state index in [0.717, 1.165) is 4.70 Å². The number of nitrogens with zero attached hydrogens (tertiary/aromatic N) is 1. The van der Waals surface area contributed by atoms with E-state index < -0.39 is 6.67 Å². The van der Waals surface area contributed by atoms with Gasteiger partial charge in [0.1, 0.15) is 12.4 Å². The Morgan fingerprint density at radius 1 is 1.50 bits per heavy atom. The molecule has 1 aromatic heterocycles. The molecule has 0 radical (unpaired) electrons. The summed E-state index contributed by atoms with van der Waals surface area (Å²) < 4.78 is 17.1. The van der Waals surface area contributed by atoms with Crippen LogP contribution in [0.4, 0.5) is 4.39 Å². The maximum atomic E-state index is 12.3. The molecule has 2 rings (SSSR count). The molecule has 0 bridgehead atoms. The van der Waals surface area contributed by atoms with Crippen LogP contribution in [0.5, 0.6) is 5.75 Å².